The molecule has 0 radical (unpaired) electrons. The first-order valence-electron chi connectivity index (χ1n) is 7.00. The third kappa shape index (κ3) is 3.88. The SMILES string of the molecule is C[C@@H]([C@@H](CC(=O)c1cccc[n+]1[O-])c1cccc(F)c1)[N+](=O)[O-]. The van der Waals surface area contributed by atoms with Crippen LogP contribution in [0.2, 0.25) is 0 Å². The van der Waals surface area contributed by atoms with Gasteiger partial charge in [-0.1, -0.05) is 12.1 Å². The summed E-state index contributed by atoms with van der Waals surface area (Å²) in [6.45, 7) is 1.36. The Hall–Kier alpha value is -2.83. The molecule has 0 saturated carbocycles. The van der Waals surface area contributed by atoms with Crippen molar-refractivity contribution in [1.29, 1.82) is 0 Å². The van der Waals surface area contributed by atoms with Gasteiger partial charge in [-0.3, -0.25) is 14.9 Å². The lowest BCUT2D eigenvalue weighted by Gasteiger charge is -2.18. The molecule has 1 aromatic carbocycles. The lowest BCUT2D eigenvalue weighted by molar-refractivity contribution is -0.607. The van der Waals surface area contributed by atoms with Gasteiger partial charge in [0.1, 0.15) is 5.82 Å². The summed E-state index contributed by atoms with van der Waals surface area (Å²) < 4.78 is 13.8. The molecule has 0 unspecified atom stereocenters. The van der Waals surface area contributed by atoms with Crippen LogP contribution in [0.4, 0.5) is 4.39 Å². The van der Waals surface area contributed by atoms with E-state index in [1.807, 2.05) is 0 Å². The average molecular weight is 318 g/mol. The van der Waals surface area contributed by atoms with E-state index in [0.29, 0.717) is 10.3 Å². The number of pyridine rings is 1. The summed E-state index contributed by atoms with van der Waals surface area (Å²) in [6.07, 6.45) is 0.930. The first kappa shape index (κ1) is 16.5. The second kappa shape index (κ2) is 6.95. The van der Waals surface area contributed by atoms with Gasteiger partial charge in [0.25, 0.3) is 5.69 Å². The van der Waals surface area contributed by atoms with Crippen LogP contribution < -0.4 is 4.73 Å². The van der Waals surface area contributed by atoms with Crippen LogP contribution in [0, 0.1) is 21.1 Å². The van der Waals surface area contributed by atoms with Gasteiger partial charge in [0, 0.05) is 30.4 Å². The average Bonchev–Trinajstić information content (AvgIpc) is 2.52. The summed E-state index contributed by atoms with van der Waals surface area (Å²) in [5.41, 5.74) is 0.264. The molecule has 0 fully saturated rings. The van der Waals surface area contributed by atoms with Gasteiger partial charge in [0.15, 0.2) is 6.20 Å². The monoisotopic (exact) mass is 318 g/mol. The Morgan fingerprint density at radius 3 is 2.65 bits per heavy atom. The molecule has 0 saturated heterocycles. The van der Waals surface area contributed by atoms with Gasteiger partial charge >= 0.3 is 0 Å². The Morgan fingerprint density at radius 2 is 2.04 bits per heavy atom. The number of halogens is 1. The van der Waals surface area contributed by atoms with Crippen LogP contribution in [0.15, 0.2) is 48.7 Å². The van der Waals surface area contributed by atoms with Crippen molar-refractivity contribution in [3.8, 4) is 0 Å². The molecule has 120 valence electrons. The predicted molar refractivity (Wildman–Crippen MR) is 79.9 cm³/mol. The molecule has 0 aliphatic carbocycles. The largest absolute Gasteiger partial charge is 0.618 e. The van der Waals surface area contributed by atoms with Gasteiger partial charge in [0.05, 0.1) is 5.92 Å². The molecule has 2 atom stereocenters. The molecule has 23 heavy (non-hydrogen) atoms. The van der Waals surface area contributed by atoms with Crippen LogP contribution in [-0.2, 0) is 0 Å². The zero-order valence-corrected chi connectivity index (χ0v) is 12.4. The Kier molecular flexibility index (Phi) is 5.00. The first-order chi connectivity index (χ1) is 10.9. The van der Waals surface area contributed by atoms with Crippen LogP contribution in [0.25, 0.3) is 0 Å². The number of hydrogen-bond donors (Lipinski definition) is 0. The molecule has 0 spiro atoms. The van der Waals surface area contributed by atoms with E-state index >= 15 is 0 Å². The van der Waals surface area contributed by atoms with E-state index in [-0.39, 0.29) is 12.1 Å². The van der Waals surface area contributed by atoms with Gasteiger partial charge < -0.3 is 5.21 Å². The molecule has 0 amide bonds. The fourth-order valence-corrected chi connectivity index (χ4v) is 2.40. The highest BCUT2D eigenvalue weighted by molar-refractivity contribution is 5.93. The fraction of sp³-hybridized carbons (Fsp3) is 0.250. The minimum atomic E-state index is -1.09. The van der Waals surface area contributed by atoms with E-state index in [0.717, 1.165) is 0 Å². The molecule has 0 aliphatic rings. The van der Waals surface area contributed by atoms with Gasteiger partial charge in [-0.05, 0) is 23.8 Å². The van der Waals surface area contributed by atoms with E-state index in [4.69, 9.17) is 0 Å². The molecule has 2 aromatic rings. The van der Waals surface area contributed by atoms with Crippen LogP contribution in [0.5, 0.6) is 0 Å². The predicted octanol–water partition coefficient (Wildman–Crippen LogP) is 2.48. The normalized spacial score (nSPS) is 13.3. The molecule has 2 rings (SSSR count). The summed E-state index contributed by atoms with van der Waals surface area (Å²) in [7, 11) is 0. The molecule has 1 aromatic heterocycles. The Morgan fingerprint density at radius 1 is 1.30 bits per heavy atom. The number of nitrogens with zero attached hydrogens (tertiary/aromatic N) is 2. The van der Waals surface area contributed by atoms with Crippen molar-refractivity contribution in [2.24, 2.45) is 0 Å². The number of ketones is 1. The Labute approximate surface area is 131 Å². The van der Waals surface area contributed by atoms with Gasteiger partial charge in [-0.15, -0.1) is 0 Å². The highest BCUT2D eigenvalue weighted by Crippen LogP contribution is 2.27. The zero-order valence-electron chi connectivity index (χ0n) is 12.4. The molecule has 7 heteroatoms. The van der Waals surface area contributed by atoms with Gasteiger partial charge in [-0.2, -0.15) is 4.73 Å². The number of hydrogen-bond acceptors (Lipinski definition) is 4. The minimum Gasteiger partial charge on any atom is -0.618 e. The smallest absolute Gasteiger partial charge is 0.259 e. The number of aromatic nitrogens is 1. The summed E-state index contributed by atoms with van der Waals surface area (Å²) in [5, 5.41) is 22.8. The third-order valence-electron chi connectivity index (χ3n) is 3.71. The van der Waals surface area contributed by atoms with Crippen molar-refractivity contribution in [3.05, 3.63) is 81.1 Å². The maximum absolute atomic E-state index is 13.4. The van der Waals surface area contributed by atoms with E-state index in [2.05, 4.69) is 0 Å². The van der Waals surface area contributed by atoms with Crippen LogP contribution in [0.3, 0.4) is 0 Å². The second-order valence-electron chi connectivity index (χ2n) is 5.23. The number of rotatable bonds is 6. The number of carbonyl (C=O) groups is 1. The topological polar surface area (TPSA) is 87.2 Å². The lowest BCUT2D eigenvalue weighted by atomic mass is 9.87. The molecule has 6 nitrogen and oxygen atoms in total. The maximum Gasteiger partial charge on any atom is 0.259 e. The van der Waals surface area contributed by atoms with Crippen molar-refractivity contribution in [2.45, 2.75) is 25.3 Å². The maximum atomic E-state index is 13.4. The van der Waals surface area contributed by atoms with E-state index < -0.39 is 28.5 Å². The minimum absolute atomic E-state index is 0.0931. The zero-order chi connectivity index (χ0) is 17.0. The van der Waals surface area contributed by atoms with Gasteiger partial charge in [-0.25, -0.2) is 4.39 Å². The number of benzene rings is 1. The van der Waals surface area contributed by atoms with Crippen molar-refractivity contribution >= 4 is 5.78 Å². The Balaban J connectivity index is 2.33. The highest BCUT2D eigenvalue weighted by atomic mass is 19.1. The van der Waals surface area contributed by atoms with Crippen LogP contribution in [0.1, 0.15) is 35.3 Å². The van der Waals surface area contributed by atoms with E-state index in [1.54, 1.807) is 0 Å². The van der Waals surface area contributed by atoms with Crippen molar-refractivity contribution < 1.29 is 18.8 Å². The fourth-order valence-electron chi connectivity index (χ4n) is 2.40. The quantitative estimate of drug-likeness (QED) is 0.269. The van der Waals surface area contributed by atoms with E-state index in [1.165, 1.54) is 55.6 Å². The Bertz CT molecular complexity index is 736. The summed E-state index contributed by atoms with van der Waals surface area (Å²) in [4.78, 5) is 22.9. The highest BCUT2D eigenvalue weighted by Gasteiger charge is 2.32. The van der Waals surface area contributed by atoms with Crippen molar-refractivity contribution in [1.82, 2.24) is 0 Å². The van der Waals surface area contributed by atoms with Crippen molar-refractivity contribution in [3.63, 3.8) is 0 Å². The molecule has 0 bridgehead atoms. The lowest BCUT2D eigenvalue weighted by Crippen LogP contribution is -2.35. The first-order valence-corrected chi connectivity index (χ1v) is 7.00. The number of Topliss-reactive ketones (excluding diaryl/α,β-unsaturated/α-hetero) is 1. The van der Waals surface area contributed by atoms with Crippen molar-refractivity contribution in [2.75, 3.05) is 0 Å². The molecule has 1 heterocycles. The van der Waals surface area contributed by atoms with Gasteiger partial charge in [0.2, 0.25) is 11.8 Å². The van der Waals surface area contributed by atoms with Crippen LogP contribution >= 0.6 is 0 Å². The second-order valence-corrected chi connectivity index (χ2v) is 5.23. The number of carbonyl (C=O) groups excluding carboxylic acids is 1. The third-order valence-corrected chi connectivity index (χ3v) is 3.71. The molecular weight excluding hydrogens is 303 g/mol. The standard InChI is InChI=1S/C16H15FN2O4/c1-11(19(22)23)14(12-5-4-6-13(17)9-12)10-16(20)15-7-2-3-8-18(15)21/h2-9,11,14H,10H2,1H3/t11-,14+/m0/s1. The summed E-state index contributed by atoms with van der Waals surface area (Å²) in [6, 6.07) is 8.65. The molecular formula is C16H15FN2O4. The number of nitro groups is 1. The summed E-state index contributed by atoms with van der Waals surface area (Å²) in [5.74, 6) is -1.88. The van der Waals surface area contributed by atoms with Crippen LogP contribution in [-0.4, -0.2) is 16.7 Å². The summed E-state index contributed by atoms with van der Waals surface area (Å²) >= 11 is 0. The molecule has 0 N–H and O–H groups in total. The molecule has 0 aliphatic heterocycles. The van der Waals surface area contributed by atoms with E-state index in [9.17, 15) is 24.5 Å².